The van der Waals surface area contributed by atoms with Crippen LogP contribution in [0.5, 0.6) is 0 Å². The van der Waals surface area contributed by atoms with Crippen molar-refractivity contribution in [2.24, 2.45) is 17.8 Å². The van der Waals surface area contributed by atoms with Crippen molar-refractivity contribution in [1.82, 2.24) is 5.32 Å². The van der Waals surface area contributed by atoms with E-state index in [1.54, 1.807) is 0 Å². The third-order valence-electron chi connectivity index (χ3n) is 4.62. The van der Waals surface area contributed by atoms with Crippen molar-refractivity contribution in [2.45, 2.75) is 64.8 Å². The molecule has 0 aromatic carbocycles. The lowest BCUT2D eigenvalue weighted by Crippen LogP contribution is -2.37. The molecule has 0 aromatic rings. The molecule has 1 nitrogen and oxygen atoms in total. The van der Waals surface area contributed by atoms with E-state index in [4.69, 9.17) is 0 Å². The molecule has 0 saturated heterocycles. The fraction of sp³-hybridized carbons (Fsp3) is 1.00. The summed E-state index contributed by atoms with van der Waals surface area (Å²) in [5.41, 5.74) is 0. The Hall–Kier alpha value is -0.0400. The van der Waals surface area contributed by atoms with Crippen molar-refractivity contribution < 1.29 is 0 Å². The lowest BCUT2D eigenvalue weighted by atomic mass is 9.74. The average Bonchev–Trinajstić information content (AvgIpc) is 2.66. The van der Waals surface area contributed by atoms with Gasteiger partial charge in [-0.15, -0.1) is 0 Å². The fourth-order valence-electron chi connectivity index (χ4n) is 3.94. The van der Waals surface area contributed by atoms with Crippen LogP contribution in [0, 0.1) is 17.8 Å². The van der Waals surface area contributed by atoms with Crippen molar-refractivity contribution in [3.8, 4) is 0 Å². The highest BCUT2D eigenvalue weighted by molar-refractivity contribution is 4.89. The molecule has 2 aliphatic rings. The van der Waals surface area contributed by atoms with Crippen LogP contribution >= 0.6 is 0 Å². The van der Waals surface area contributed by atoms with Crippen LogP contribution in [0.2, 0.25) is 0 Å². The zero-order valence-electron chi connectivity index (χ0n) is 10.5. The van der Waals surface area contributed by atoms with Gasteiger partial charge in [0.25, 0.3) is 0 Å². The van der Waals surface area contributed by atoms with Gasteiger partial charge in [-0.05, 0) is 43.6 Å². The summed E-state index contributed by atoms with van der Waals surface area (Å²) in [6, 6.07) is 0.852. The molecule has 2 saturated carbocycles. The van der Waals surface area contributed by atoms with E-state index < -0.39 is 0 Å². The van der Waals surface area contributed by atoms with Crippen molar-refractivity contribution in [3.63, 3.8) is 0 Å². The van der Waals surface area contributed by atoms with Crippen molar-refractivity contribution in [2.75, 3.05) is 6.54 Å². The summed E-state index contributed by atoms with van der Waals surface area (Å²) in [6.07, 6.45) is 10.4. The minimum absolute atomic E-state index is 0.852. The lowest BCUT2D eigenvalue weighted by molar-refractivity contribution is 0.183. The van der Waals surface area contributed by atoms with Gasteiger partial charge in [0.15, 0.2) is 0 Å². The van der Waals surface area contributed by atoms with E-state index >= 15 is 0 Å². The van der Waals surface area contributed by atoms with Gasteiger partial charge >= 0.3 is 0 Å². The molecule has 1 N–H and O–H groups in total. The first-order valence-electron chi connectivity index (χ1n) is 7.04. The summed E-state index contributed by atoms with van der Waals surface area (Å²) >= 11 is 0. The van der Waals surface area contributed by atoms with Crippen LogP contribution in [0.1, 0.15) is 58.8 Å². The quantitative estimate of drug-likeness (QED) is 0.749. The predicted molar refractivity (Wildman–Crippen MR) is 65.9 cm³/mol. The molecule has 0 aliphatic heterocycles. The smallest absolute Gasteiger partial charge is 0.00978 e. The Morgan fingerprint density at radius 3 is 2.60 bits per heavy atom. The monoisotopic (exact) mass is 209 g/mol. The molecule has 4 atom stereocenters. The molecule has 0 amide bonds. The van der Waals surface area contributed by atoms with Crippen LogP contribution in [0.4, 0.5) is 0 Å². The molecule has 88 valence electrons. The van der Waals surface area contributed by atoms with Crippen LogP contribution in [0.15, 0.2) is 0 Å². The zero-order valence-corrected chi connectivity index (χ0v) is 10.5. The normalized spacial score (nSPS) is 42.0. The van der Waals surface area contributed by atoms with E-state index in [1.165, 1.54) is 44.9 Å². The van der Waals surface area contributed by atoms with E-state index in [2.05, 4.69) is 19.2 Å². The first kappa shape index (κ1) is 11.4. The molecule has 0 spiro atoms. The first-order valence-corrected chi connectivity index (χ1v) is 7.04. The second-order valence-corrected chi connectivity index (χ2v) is 5.79. The summed E-state index contributed by atoms with van der Waals surface area (Å²) < 4.78 is 0. The molecular formula is C14H27N. The summed E-state index contributed by atoms with van der Waals surface area (Å²) in [4.78, 5) is 0. The van der Waals surface area contributed by atoms with Crippen molar-refractivity contribution in [3.05, 3.63) is 0 Å². The van der Waals surface area contributed by atoms with Gasteiger partial charge in [0.2, 0.25) is 0 Å². The minimum Gasteiger partial charge on any atom is -0.314 e. The lowest BCUT2D eigenvalue weighted by Gasteiger charge is -2.34. The van der Waals surface area contributed by atoms with Crippen LogP contribution in [-0.4, -0.2) is 12.6 Å². The first-order chi connectivity index (χ1) is 7.31. The molecule has 2 rings (SSSR count). The third kappa shape index (κ3) is 2.75. The van der Waals surface area contributed by atoms with Gasteiger partial charge in [-0.3, -0.25) is 0 Å². The van der Waals surface area contributed by atoms with Crippen LogP contribution in [-0.2, 0) is 0 Å². The molecule has 0 aromatic heterocycles. The van der Waals surface area contributed by atoms with E-state index in [1.807, 2.05) is 0 Å². The Morgan fingerprint density at radius 1 is 1.07 bits per heavy atom. The zero-order chi connectivity index (χ0) is 10.7. The van der Waals surface area contributed by atoms with Crippen molar-refractivity contribution >= 4 is 0 Å². The SMILES string of the molecule is CCNC1CCCC1C1CCCC(C)C1. The second kappa shape index (κ2) is 5.34. The predicted octanol–water partition coefficient (Wildman–Crippen LogP) is 3.59. The van der Waals surface area contributed by atoms with Crippen molar-refractivity contribution in [1.29, 1.82) is 0 Å². The Morgan fingerprint density at radius 2 is 1.87 bits per heavy atom. The van der Waals surface area contributed by atoms with Gasteiger partial charge in [0.1, 0.15) is 0 Å². The van der Waals surface area contributed by atoms with Gasteiger partial charge in [-0.1, -0.05) is 39.5 Å². The van der Waals surface area contributed by atoms with Gasteiger partial charge in [0.05, 0.1) is 0 Å². The maximum absolute atomic E-state index is 3.71. The Kier molecular flexibility index (Phi) is 4.07. The summed E-state index contributed by atoms with van der Waals surface area (Å²) in [6.45, 7) is 5.85. The van der Waals surface area contributed by atoms with E-state index in [9.17, 15) is 0 Å². The number of hydrogen-bond donors (Lipinski definition) is 1. The van der Waals surface area contributed by atoms with Gasteiger partial charge < -0.3 is 5.32 Å². The fourth-order valence-corrected chi connectivity index (χ4v) is 3.94. The topological polar surface area (TPSA) is 12.0 Å². The van der Waals surface area contributed by atoms with Gasteiger partial charge in [-0.25, -0.2) is 0 Å². The number of nitrogens with one attached hydrogen (secondary N) is 1. The van der Waals surface area contributed by atoms with Crippen LogP contribution < -0.4 is 5.32 Å². The standard InChI is InChI=1S/C14H27N/c1-3-15-14-9-5-8-13(14)12-7-4-6-11(2)10-12/h11-15H,3-10H2,1-2H3. The summed E-state index contributed by atoms with van der Waals surface area (Å²) in [5, 5.41) is 3.71. The Labute approximate surface area is 95.0 Å². The van der Waals surface area contributed by atoms with Gasteiger partial charge in [-0.2, -0.15) is 0 Å². The average molecular weight is 209 g/mol. The summed E-state index contributed by atoms with van der Waals surface area (Å²) in [5.74, 6) is 3.04. The highest BCUT2D eigenvalue weighted by atomic mass is 14.9. The van der Waals surface area contributed by atoms with E-state index in [-0.39, 0.29) is 0 Å². The highest BCUT2D eigenvalue weighted by Gasteiger charge is 2.34. The van der Waals surface area contributed by atoms with Crippen LogP contribution in [0.3, 0.4) is 0 Å². The van der Waals surface area contributed by atoms with Crippen LogP contribution in [0.25, 0.3) is 0 Å². The molecule has 2 aliphatic carbocycles. The van der Waals surface area contributed by atoms with E-state index in [0.29, 0.717) is 0 Å². The van der Waals surface area contributed by atoms with Gasteiger partial charge in [0, 0.05) is 6.04 Å². The van der Waals surface area contributed by atoms with E-state index in [0.717, 1.165) is 30.3 Å². The molecule has 1 heteroatoms. The molecular weight excluding hydrogens is 182 g/mol. The molecule has 4 unspecified atom stereocenters. The number of hydrogen-bond acceptors (Lipinski definition) is 1. The maximum atomic E-state index is 3.71. The number of rotatable bonds is 3. The summed E-state index contributed by atoms with van der Waals surface area (Å²) in [7, 11) is 0. The molecule has 0 heterocycles. The Bertz CT molecular complexity index is 190. The molecule has 0 radical (unpaired) electrons. The molecule has 15 heavy (non-hydrogen) atoms. The highest BCUT2D eigenvalue weighted by Crippen LogP contribution is 2.41. The molecule has 0 bridgehead atoms. The molecule has 2 fully saturated rings. The second-order valence-electron chi connectivity index (χ2n) is 5.79. The largest absolute Gasteiger partial charge is 0.314 e. The Balaban J connectivity index is 1.90. The minimum atomic E-state index is 0.852. The third-order valence-corrected chi connectivity index (χ3v) is 4.62. The maximum Gasteiger partial charge on any atom is 0.00978 e.